The second-order valence-corrected chi connectivity index (χ2v) is 6.81. The average molecular weight is 294 g/mol. The molecule has 0 bridgehead atoms. The van der Waals surface area contributed by atoms with Crippen molar-refractivity contribution in [3.8, 4) is 0 Å². The summed E-state index contributed by atoms with van der Waals surface area (Å²) in [5, 5.41) is 0.526. The summed E-state index contributed by atoms with van der Waals surface area (Å²) >= 11 is 0. The molecule has 0 unspecified atom stereocenters. The molecule has 1 heterocycles. The quantitative estimate of drug-likeness (QED) is 0.800. The number of H-pyrrole nitrogens is 1. The van der Waals surface area contributed by atoms with E-state index in [0.29, 0.717) is 17.3 Å². The predicted molar refractivity (Wildman–Crippen MR) is 78.4 cm³/mol. The van der Waals surface area contributed by atoms with Crippen LogP contribution in [0.2, 0.25) is 0 Å². The Morgan fingerprint density at radius 2 is 1.95 bits per heavy atom. The maximum Gasteiger partial charge on any atom is 0.266 e. The van der Waals surface area contributed by atoms with Gasteiger partial charge in [0.15, 0.2) is 9.84 Å². The van der Waals surface area contributed by atoms with Crippen LogP contribution < -0.4 is 5.73 Å². The number of rotatable bonds is 6. The fourth-order valence-electron chi connectivity index (χ4n) is 2.26. The molecule has 0 aliphatic heterocycles. The molecule has 0 radical (unpaired) electrons. The molecular formula is C14H18N2O3S. The summed E-state index contributed by atoms with van der Waals surface area (Å²) in [6.45, 7) is 2.01. The summed E-state index contributed by atoms with van der Waals surface area (Å²) in [6, 6.07) is 6.93. The fraction of sp³-hybridized carbons (Fsp3) is 0.357. The first-order chi connectivity index (χ1) is 9.47. The van der Waals surface area contributed by atoms with Gasteiger partial charge in [0, 0.05) is 10.9 Å². The van der Waals surface area contributed by atoms with Gasteiger partial charge in [-0.05, 0) is 12.5 Å². The molecule has 0 fully saturated rings. The van der Waals surface area contributed by atoms with Crippen LogP contribution in [0.4, 0.5) is 0 Å². The Balaban J connectivity index is 2.56. The number of hydrogen-bond acceptors (Lipinski definition) is 3. The van der Waals surface area contributed by atoms with E-state index in [2.05, 4.69) is 4.98 Å². The number of sulfone groups is 1. The van der Waals surface area contributed by atoms with E-state index in [1.807, 2.05) is 6.92 Å². The van der Waals surface area contributed by atoms with Crippen molar-refractivity contribution < 1.29 is 13.2 Å². The van der Waals surface area contributed by atoms with Crippen molar-refractivity contribution in [2.24, 2.45) is 5.73 Å². The lowest BCUT2D eigenvalue weighted by molar-refractivity contribution is 0.0993. The molecule has 1 aromatic carbocycles. The third kappa shape index (κ3) is 2.70. The van der Waals surface area contributed by atoms with Crippen molar-refractivity contribution in [3.63, 3.8) is 0 Å². The molecule has 2 aromatic rings. The third-order valence-corrected chi connectivity index (χ3v) is 5.10. The van der Waals surface area contributed by atoms with E-state index in [9.17, 15) is 13.2 Å². The number of primary amides is 1. The van der Waals surface area contributed by atoms with Crippen molar-refractivity contribution in [3.05, 3.63) is 30.0 Å². The second-order valence-electron chi connectivity index (χ2n) is 4.76. The van der Waals surface area contributed by atoms with Gasteiger partial charge in [-0.2, -0.15) is 0 Å². The van der Waals surface area contributed by atoms with E-state index < -0.39 is 15.7 Å². The standard InChI is InChI=1S/C14H18N2O3S/c1-2-3-6-9-20(18,19)13-10-7-4-5-8-11(10)16-12(13)14(15)17/h4-5,7-8,16H,2-3,6,9H2,1H3,(H2,15,17). The van der Waals surface area contributed by atoms with Crippen LogP contribution in [-0.2, 0) is 9.84 Å². The highest BCUT2D eigenvalue weighted by Crippen LogP contribution is 2.28. The molecule has 1 aromatic heterocycles. The van der Waals surface area contributed by atoms with Gasteiger partial charge in [0.1, 0.15) is 10.6 Å². The van der Waals surface area contributed by atoms with Crippen molar-refractivity contribution in [1.82, 2.24) is 4.98 Å². The van der Waals surface area contributed by atoms with Gasteiger partial charge in [0.2, 0.25) is 0 Å². The van der Waals surface area contributed by atoms with Crippen molar-refractivity contribution in [2.75, 3.05) is 5.75 Å². The number of benzene rings is 1. The molecule has 108 valence electrons. The number of unbranched alkanes of at least 4 members (excludes halogenated alkanes) is 2. The van der Waals surface area contributed by atoms with Gasteiger partial charge in [0.05, 0.1) is 5.75 Å². The number of nitrogens with one attached hydrogen (secondary N) is 1. The zero-order chi connectivity index (χ0) is 14.8. The maximum absolute atomic E-state index is 12.5. The number of hydrogen-bond donors (Lipinski definition) is 2. The third-order valence-electron chi connectivity index (χ3n) is 3.23. The Bertz CT molecular complexity index is 732. The molecule has 0 atom stereocenters. The average Bonchev–Trinajstić information content (AvgIpc) is 2.79. The smallest absolute Gasteiger partial charge is 0.266 e. The van der Waals surface area contributed by atoms with Crippen LogP contribution in [0.25, 0.3) is 10.9 Å². The Kier molecular flexibility index (Phi) is 4.13. The van der Waals surface area contributed by atoms with Crippen molar-refractivity contribution in [2.45, 2.75) is 31.1 Å². The van der Waals surface area contributed by atoms with Gasteiger partial charge in [0.25, 0.3) is 5.91 Å². The molecule has 0 saturated carbocycles. The molecule has 0 aliphatic carbocycles. The minimum absolute atomic E-state index is 0.0253. The van der Waals surface area contributed by atoms with Gasteiger partial charge in [-0.1, -0.05) is 38.0 Å². The molecular weight excluding hydrogens is 276 g/mol. The Morgan fingerprint density at radius 3 is 2.60 bits per heavy atom. The lowest BCUT2D eigenvalue weighted by Crippen LogP contribution is -2.17. The zero-order valence-electron chi connectivity index (χ0n) is 11.3. The number of carbonyl (C=O) groups is 1. The molecule has 20 heavy (non-hydrogen) atoms. The molecule has 0 aliphatic rings. The number of carbonyl (C=O) groups excluding carboxylic acids is 1. The van der Waals surface area contributed by atoms with E-state index in [4.69, 9.17) is 5.73 Å². The zero-order valence-corrected chi connectivity index (χ0v) is 12.2. The van der Waals surface area contributed by atoms with Gasteiger partial charge in [-0.15, -0.1) is 0 Å². The van der Waals surface area contributed by atoms with Gasteiger partial charge >= 0.3 is 0 Å². The Morgan fingerprint density at radius 1 is 1.25 bits per heavy atom. The molecule has 2 rings (SSSR count). The summed E-state index contributed by atoms with van der Waals surface area (Å²) in [4.78, 5) is 14.3. The fourth-order valence-corrected chi connectivity index (χ4v) is 4.02. The Labute approximate surface area is 118 Å². The lowest BCUT2D eigenvalue weighted by Gasteiger charge is -2.04. The highest BCUT2D eigenvalue weighted by atomic mass is 32.2. The Hall–Kier alpha value is -1.82. The molecule has 3 N–H and O–H groups in total. The molecule has 6 heteroatoms. The number of aromatic nitrogens is 1. The van der Waals surface area contributed by atoms with Crippen LogP contribution in [0.3, 0.4) is 0 Å². The van der Waals surface area contributed by atoms with E-state index in [-0.39, 0.29) is 16.3 Å². The van der Waals surface area contributed by atoms with E-state index in [1.165, 1.54) is 0 Å². The predicted octanol–water partition coefficient (Wildman–Crippen LogP) is 2.23. The van der Waals surface area contributed by atoms with Crippen molar-refractivity contribution >= 4 is 26.6 Å². The van der Waals surface area contributed by atoms with Gasteiger partial charge in [-0.3, -0.25) is 4.79 Å². The van der Waals surface area contributed by atoms with Crippen LogP contribution in [0.5, 0.6) is 0 Å². The highest BCUT2D eigenvalue weighted by Gasteiger charge is 2.26. The first-order valence-electron chi connectivity index (χ1n) is 6.60. The van der Waals surface area contributed by atoms with Crippen LogP contribution in [-0.4, -0.2) is 25.1 Å². The number of para-hydroxylation sites is 1. The van der Waals surface area contributed by atoms with Crippen LogP contribution in [0.15, 0.2) is 29.2 Å². The minimum Gasteiger partial charge on any atom is -0.364 e. The van der Waals surface area contributed by atoms with Crippen LogP contribution in [0, 0.1) is 0 Å². The van der Waals surface area contributed by atoms with E-state index in [0.717, 1.165) is 12.8 Å². The molecule has 1 amide bonds. The van der Waals surface area contributed by atoms with Crippen LogP contribution in [0.1, 0.15) is 36.7 Å². The summed E-state index contributed by atoms with van der Waals surface area (Å²) in [6.07, 6.45) is 2.36. The first-order valence-corrected chi connectivity index (χ1v) is 8.26. The van der Waals surface area contributed by atoms with E-state index in [1.54, 1.807) is 24.3 Å². The summed E-state index contributed by atoms with van der Waals surface area (Å²) < 4.78 is 25.0. The maximum atomic E-state index is 12.5. The van der Waals surface area contributed by atoms with Gasteiger partial charge < -0.3 is 10.7 Å². The normalized spacial score (nSPS) is 11.8. The SMILES string of the molecule is CCCCCS(=O)(=O)c1c(C(N)=O)[nH]c2ccccc12. The lowest BCUT2D eigenvalue weighted by atomic mass is 10.2. The summed E-state index contributed by atoms with van der Waals surface area (Å²) in [7, 11) is -3.52. The minimum atomic E-state index is -3.52. The molecule has 5 nitrogen and oxygen atoms in total. The van der Waals surface area contributed by atoms with E-state index >= 15 is 0 Å². The number of amides is 1. The summed E-state index contributed by atoms with van der Waals surface area (Å²) in [5.41, 5.74) is 5.88. The highest BCUT2D eigenvalue weighted by molar-refractivity contribution is 7.91. The van der Waals surface area contributed by atoms with Crippen LogP contribution >= 0.6 is 0 Å². The topological polar surface area (TPSA) is 93.0 Å². The molecule has 0 saturated heterocycles. The number of fused-ring (bicyclic) bond motifs is 1. The van der Waals surface area contributed by atoms with Crippen molar-refractivity contribution in [1.29, 1.82) is 0 Å². The second kappa shape index (κ2) is 5.66. The monoisotopic (exact) mass is 294 g/mol. The largest absolute Gasteiger partial charge is 0.364 e. The van der Waals surface area contributed by atoms with Gasteiger partial charge in [-0.25, -0.2) is 8.42 Å². The summed E-state index contributed by atoms with van der Waals surface area (Å²) in [5.74, 6) is -0.724. The number of aromatic amines is 1. The number of nitrogens with two attached hydrogens (primary N) is 1. The first kappa shape index (κ1) is 14.6. The molecule has 0 spiro atoms.